The van der Waals surface area contributed by atoms with E-state index in [9.17, 15) is 19.7 Å². The molecule has 8 nitrogen and oxygen atoms in total. The van der Waals surface area contributed by atoms with Crippen LogP contribution in [0.1, 0.15) is 21.5 Å². The zero-order valence-corrected chi connectivity index (χ0v) is 15.0. The quantitative estimate of drug-likeness (QED) is 0.524. The van der Waals surface area contributed by atoms with Crippen LogP contribution in [-0.4, -0.2) is 15.6 Å². The fourth-order valence-electron chi connectivity index (χ4n) is 2.47. The number of pyridine rings is 1. The summed E-state index contributed by atoms with van der Waals surface area (Å²) in [4.78, 5) is 40.7. The monoisotopic (exact) mass is 379 g/mol. The third-order valence-electron chi connectivity index (χ3n) is 3.97. The number of rotatable bonds is 6. The van der Waals surface area contributed by atoms with Crippen LogP contribution in [0.2, 0.25) is 0 Å². The second kappa shape index (κ2) is 8.17. The molecule has 0 atom stereocenters. The van der Waals surface area contributed by atoms with E-state index in [0.29, 0.717) is 0 Å². The molecule has 142 valence electrons. The molecule has 8 heteroatoms. The number of carbonyl (C=O) groups is 1. The van der Waals surface area contributed by atoms with Gasteiger partial charge in [-0.05, 0) is 30.7 Å². The summed E-state index contributed by atoms with van der Waals surface area (Å²) >= 11 is 0. The van der Waals surface area contributed by atoms with Crippen molar-refractivity contribution in [3.63, 3.8) is 0 Å². The molecule has 3 rings (SSSR count). The fourth-order valence-corrected chi connectivity index (χ4v) is 2.47. The maximum atomic E-state index is 12.5. The van der Waals surface area contributed by atoms with Crippen molar-refractivity contribution in [2.24, 2.45) is 0 Å². The van der Waals surface area contributed by atoms with Gasteiger partial charge in [0, 0.05) is 24.0 Å². The first-order valence-electron chi connectivity index (χ1n) is 8.40. The van der Waals surface area contributed by atoms with Gasteiger partial charge >= 0.3 is 0 Å². The van der Waals surface area contributed by atoms with Gasteiger partial charge in [0.25, 0.3) is 17.2 Å². The van der Waals surface area contributed by atoms with Crippen LogP contribution in [0.25, 0.3) is 0 Å². The summed E-state index contributed by atoms with van der Waals surface area (Å²) in [6.45, 7) is 2.13. The van der Waals surface area contributed by atoms with Crippen LogP contribution in [-0.2, 0) is 6.61 Å². The zero-order valence-electron chi connectivity index (χ0n) is 15.0. The molecule has 28 heavy (non-hydrogen) atoms. The van der Waals surface area contributed by atoms with Crippen molar-refractivity contribution < 1.29 is 14.6 Å². The Kier molecular flexibility index (Phi) is 5.50. The average molecular weight is 379 g/mol. The summed E-state index contributed by atoms with van der Waals surface area (Å²) in [6.07, 6.45) is 1.42. The van der Waals surface area contributed by atoms with Crippen molar-refractivity contribution in [2.45, 2.75) is 13.5 Å². The molecule has 0 fully saturated rings. The maximum Gasteiger partial charge on any atom is 0.295 e. The first-order chi connectivity index (χ1) is 13.4. The molecule has 1 heterocycles. The van der Waals surface area contributed by atoms with E-state index in [2.05, 4.69) is 5.32 Å². The van der Waals surface area contributed by atoms with E-state index in [0.717, 1.165) is 15.9 Å². The largest absolute Gasteiger partial charge is 0.406 e. The Hall–Kier alpha value is -3.94. The van der Waals surface area contributed by atoms with Crippen LogP contribution in [0.4, 0.5) is 11.4 Å². The fraction of sp³-hybridized carbons (Fsp3) is 0.100. The summed E-state index contributed by atoms with van der Waals surface area (Å²) in [5.74, 6) is -0.682. The number of benzene rings is 2. The lowest BCUT2D eigenvalue weighted by Gasteiger charge is -2.10. The summed E-state index contributed by atoms with van der Waals surface area (Å²) in [6, 6.07) is 16.0. The van der Waals surface area contributed by atoms with Gasteiger partial charge in [0.2, 0.25) is 0 Å². The van der Waals surface area contributed by atoms with Crippen LogP contribution in [0.5, 0.6) is 0 Å². The lowest BCUT2D eigenvalue weighted by molar-refractivity contribution is -0.384. The molecule has 0 radical (unpaired) electrons. The number of carbonyl (C=O) groups excluding carboxylic acids is 1. The number of aromatic nitrogens is 1. The van der Waals surface area contributed by atoms with Crippen molar-refractivity contribution in [2.75, 3.05) is 5.32 Å². The molecule has 0 aliphatic carbocycles. The minimum atomic E-state index is -0.682. The number of nitro groups is 1. The highest BCUT2D eigenvalue weighted by Crippen LogP contribution is 2.17. The Morgan fingerprint density at radius 2 is 1.89 bits per heavy atom. The standard InChI is InChI=1S/C20H17N3O5/c1-14-7-9-15(10-8-14)13-28-22-11-3-6-18(20(22)25)19(24)21-16-4-2-5-17(12-16)23(26)27/h2-12H,13H2,1H3,(H,21,24). The Morgan fingerprint density at radius 3 is 2.61 bits per heavy atom. The normalized spacial score (nSPS) is 10.3. The molecular weight excluding hydrogens is 362 g/mol. The highest BCUT2D eigenvalue weighted by atomic mass is 16.7. The average Bonchev–Trinajstić information content (AvgIpc) is 2.68. The number of non-ortho nitro benzene ring substituents is 1. The minimum absolute atomic E-state index is 0.141. The van der Waals surface area contributed by atoms with E-state index in [1.54, 1.807) is 0 Å². The number of hydrogen-bond acceptors (Lipinski definition) is 5. The van der Waals surface area contributed by atoms with Crippen LogP contribution in [0.3, 0.4) is 0 Å². The van der Waals surface area contributed by atoms with E-state index < -0.39 is 16.4 Å². The molecule has 0 saturated carbocycles. The van der Waals surface area contributed by atoms with Crippen molar-refractivity contribution in [3.05, 3.63) is 104 Å². The molecule has 2 aromatic carbocycles. The van der Waals surface area contributed by atoms with E-state index in [1.165, 1.54) is 42.6 Å². The second-order valence-electron chi connectivity index (χ2n) is 6.07. The van der Waals surface area contributed by atoms with Crippen molar-refractivity contribution >= 4 is 17.3 Å². The highest BCUT2D eigenvalue weighted by molar-refractivity contribution is 6.04. The Labute approximate surface area is 160 Å². The number of nitrogens with one attached hydrogen (secondary N) is 1. The molecule has 0 unspecified atom stereocenters. The Balaban J connectivity index is 1.75. The van der Waals surface area contributed by atoms with Crippen LogP contribution < -0.4 is 15.7 Å². The van der Waals surface area contributed by atoms with Crippen molar-refractivity contribution in [1.82, 2.24) is 4.73 Å². The molecule has 1 N–H and O–H groups in total. The molecule has 0 spiro atoms. The zero-order chi connectivity index (χ0) is 20.1. The van der Waals surface area contributed by atoms with E-state index in [1.807, 2.05) is 31.2 Å². The van der Waals surface area contributed by atoms with Crippen LogP contribution in [0.15, 0.2) is 71.7 Å². The second-order valence-corrected chi connectivity index (χ2v) is 6.07. The van der Waals surface area contributed by atoms with Crippen LogP contribution in [0, 0.1) is 17.0 Å². The first-order valence-corrected chi connectivity index (χ1v) is 8.40. The van der Waals surface area contributed by atoms with Gasteiger partial charge in [-0.3, -0.25) is 19.7 Å². The molecule has 3 aromatic rings. The Morgan fingerprint density at radius 1 is 1.14 bits per heavy atom. The topological polar surface area (TPSA) is 103 Å². The lowest BCUT2D eigenvalue weighted by atomic mass is 10.2. The predicted molar refractivity (Wildman–Crippen MR) is 103 cm³/mol. The number of aryl methyl sites for hydroxylation is 1. The molecule has 1 amide bonds. The number of anilines is 1. The van der Waals surface area contributed by atoms with Gasteiger partial charge in [0.15, 0.2) is 0 Å². The minimum Gasteiger partial charge on any atom is -0.406 e. The number of nitrogens with zero attached hydrogens (tertiary/aromatic N) is 2. The lowest BCUT2D eigenvalue weighted by Crippen LogP contribution is -2.32. The SMILES string of the molecule is Cc1ccc(COn2cccc(C(=O)Nc3cccc([N+](=O)[O-])c3)c2=O)cc1. The van der Waals surface area contributed by atoms with Gasteiger partial charge in [-0.15, -0.1) is 0 Å². The summed E-state index contributed by atoms with van der Waals surface area (Å²) in [5.41, 5.74) is 1.28. The number of amides is 1. The van der Waals surface area contributed by atoms with E-state index >= 15 is 0 Å². The van der Waals surface area contributed by atoms with Gasteiger partial charge in [-0.25, -0.2) is 0 Å². The summed E-state index contributed by atoms with van der Waals surface area (Å²) in [5, 5.41) is 13.3. The highest BCUT2D eigenvalue weighted by Gasteiger charge is 2.14. The molecule has 0 aliphatic heterocycles. The van der Waals surface area contributed by atoms with Gasteiger partial charge in [-0.1, -0.05) is 35.9 Å². The van der Waals surface area contributed by atoms with Gasteiger partial charge in [0.1, 0.15) is 12.2 Å². The van der Waals surface area contributed by atoms with Gasteiger partial charge < -0.3 is 10.2 Å². The maximum absolute atomic E-state index is 12.5. The van der Waals surface area contributed by atoms with Crippen molar-refractivity contribution in [3.8, 4) is 0 Å². The number of nitro benzene ring substituents is 1. The smallest absolute Gasteiger partial charge is 0.295 e. The number of hydrogen-bond donors (Lipinski definition) is 1. The third-order valence-corrected chi connectivity index (χ3v) is 3.97. The Bertz CT molecular complexity index is 1070. The van der Waals surface area contributed by atoms with Gasteiger partial charge in [-0.2, -0.15) is 4.73 Å². The molecule has 1 aromatic heterocycles. The van der Waals surface area contributed by atoms with Crippen LogP contribution >= 0.6 is 0 Å². The van der Waals surface area contributed by atoms with Crippen molar-refractivity contribution in [1.29, 1.82) is 0 Å². The summed E-state index contributed by atoms with van der Waals surface area (Å²) in [7, 11) is 0. The van der Waals surface area contributed by atoms with E-state index in [-0.39, 0.29) is 23.5 Å². The van der Waals surface area contributed by atoms with Gasteiger partial charge in [0.05, 0.1) is 4.92 Å². The predicted octanol–water partition coefficient (Wildman–Crippen LogP) is 2.95. The first kappa shape index (κ1) is 18.8. The molecule has 0 aliphatic rings. The van der Waals surface area contributed by atoms with E-state index in [4.69, 9.17) is 4.84 Å². The molecule has 0 bridgehead atoms. The third kappa shape index (κ3) is 4.42. The summed E-state index contributed by atoms with van der Waals surface area (Å²) < 4.78 is 0.988. The molecule has 0 saturated heterocycles. The molecular formula is C20H17N3O5.